The summed E-state index contributed by atoms with van der Waals surface area (Å²) in [7, 11) is 0. The number of aryl methyl sites for hydroxylation is 1. The molecule has 0 aliphatic rings. The first-order valence-corrected chi connectivity index (χ1v) is 4.14. The van der Waals surface area contributed by atoms with E-state index in [4.69, 9.17) is 4.42 Å². The van der Waals surface area contributed by atoms with Crippen molar-refractivity contribution in [2.24, 2.45) is 0 Å². The molecule has 1 unspecified atom stereocenters. The van der Waals surface area contributed by atoms with Crippen LogP contribution in [0.15, 0.2) is 35.1 Å². The normalized spacial score (nSPS) is 13.1. The van der Waals surface area contributed by atoms with Gasteiger partial charge in [-0.05, 0) is 25.1 Å². The van der Waals surface area contributed by atoms with Gasteiger partial charge in [-0.25, -0.2) is 0 Å². The van der Waals surface area contributed by atoms with Crippen molar-refractivity contribution in [2.45, 2.75) is 13.0 Å². The van der Waals surface area contributed by atoms with E-state index in [9.17, 15) is 5.11 Å². The average molecular weight is 177 g/mol. The van der Waals surface area contributed by atoms with Crippen molar-refractivity contribution in [3.05, 3.63) is 47.7 Å². The van der Waals surface area contributed by atoms with Crippen LogP contribution < -0.4 is 0 Å². The van der Waals surface area contributed by atoms with E-state index in [0.29, 0.717) is 0 Å². The Morgan fingerprint density at radius 2 is 2.31 bits per heavy atom. The number of H-pyrrole nitrogens is 1. The van der Waals surface area contributed by atoms with Crippen LogP contribution in [0.25, 0.3) is 0 Å². The van der Waals surface area contributed by atoms with E-state index < -0.39 is 6.10 Å². The molecule has 0 saturated carbocycles. The Hall–Kier alpha value is -1.48. The number of aliphatic hydroxyl groups excluding tert-OH is 1. The second kappa shape index (κ2) is 3.11. The standard InChI is InChI=1S/C10H11NO2/c1-7-8(4-6-13-7)10(12)9-3-2-5-11-9/h2-6,10-12H,1H3. The van der Waals surface area contributed by atoms with E-state index in [1.807, 2.05) is 19.1 Å². The zero-order valence-corrected chi connectivity index (χ0v) is 7.32. The quantitative estimate of drug-likeness (QED) is 0.737. The molecular weight excluding hydrogens is 166 g/mol. The van der Waals surface area contributed by atoms with Crippen LogP contribution >= 0.6 is 0 Å². The fraction of sp³-hybridized carbons (Fsp3) is 0.200. The first-order valence-electron chi connectivity index (χ1n) is 4.14. The maximum atomic E-state index is 9.86. The van der Waals surface area contributed by atoms with Gasteiger partial charge in [0, 0.05) is 17.5 Å². The van der Waals surface area contributed by atoms with Gasteiger partial charge in [0.1, 0.15) is 11.9 Å². The van der Waals surface area contributed by atoms with Crippen LogP contribution in [-0.4, -0.2) is 10.1 Å². The van der Waals surface area contributed by atoms with Gasteiger partial charge >= 0.3 is 0 Å². The second-order valence-corrected chi connectivity index (χ2v) is 2.96. The summed E-state index contributed by atoms with van der Waals surface area (Å²) in [5, 5.41) is 9.86. The molecular formula is C10H11NO2. The summed E-state index contributed by atoms with van der Waals surface area (Å²) in [6.07, 6.45) is 2.75. The summed E-state index contributed by atoms with van der Waals surface area (Å²) in [5.74, 6) is 0.752. The molecule has 0 radical (unpaired) electrons. The van der Waals surface area contributed by atoms with E-state index in [2.05, 4.69) is 4.98 Å². The lowest BCUT2D eigenvalue weighted by Crippen LogP contribution is -1.99. The van der Waals surface area contributed by atoms with Crippen molar-refractivity contribution in [1.29, 1.82) is 0 Å². The molecule has 2 aromatic heterocycles. The molecule has 0 bridgehead atoms. The number of aromatic amines is 1. The molecule has 2 aromatic rings. The lowest BCUT2D eigenvalue weighted by molar-refractivity contribution is 0.213. The molecule has 0 fully saturated rings. The van der Waals surface area contributed by atoms with Crippen molar-refractivity contribution in [1.82, 2.24) is 4.98 Å². The molecule has 13 heavy (non-hydrogen) atoms. The predicted molar refractivity (Wildman–Crippen MR) is 48.3 cm³/mol. The molecule has 0 aromatic carbocycles. The summed E-state index contributed by atoms with van der Waals surface area (Å²) >= 11 is 0. The van der Waals surface area contributed by atoms with Crippen LogP contribution in [-0.2, 0) is 0 Å². The summed E-state index contributed by atoms with van der Waals surface area (Å²) in [5.41, 5.74) is 1.59. The Labute approximate surface area is 76.0 Å². The molecule has 2 heterocycles. The highest BCUT2D eigenvalue weighted by Crippen LogP contribution is 2.23. The van der Waals surface area contributed by atoms with Gasteiger partial charge in [-0.3, -0.25) is 0 Å². The smallest absolute Gasteiger partial charge is 0.122 e. The molecule has 3 heteroatoms. The van der Waals surface area contributed by atoms with Crippen molar-refractivity contribution in [3.63, 3.8) is 0 Å². The predicted octanol–water partition coefficient (Wildman–Crippen LogP) is 2.00. The van der Waals surface area contributed by atoms with Crippen LogP contribution in [0.4, 0.5) is 0 Å². The fourth-order valence-electron chi connectivity index (χ4n) is 1.36. The molecule has 0 spiro atoms. The topological polar surface area (TPSA) is 49.2 Å². The Morgan fingerprint density at radius 1 is 1.46 bits per heavy atom. The SMILES string of the molecule is Cc1occc1C(O)c1ccc[nH]1. The third-order valence-corrected chi connectivity index (χ3v) is 2.11. The molecule has 0 amide bonds. The second-order valence-electron chi connectivity index (χ2n) is 2.96. The Kier molecular flexibility index (Phi) is 1.94. The van der Waals surface area contributed by atoms with Gasteiger partial charge in [-0.1, -0.05) is 0 Å². The maximum absolute atomic E-state index is 9.86. The monoisotopic (exact) mass is 177 g/mol. The Balaban J connectivity index is 2.33. The first kappa shape index (κ1) is 8.13. The molecule has 0 aliphatic carbocycles. The minimum Gasteiger partial charge on any atom is -0.469 e. The highest BCUT2D eigenvalue weighted by Gasteiger charge is 2.14. The lowest BCUT2D eigenvalue weighted by atomic mass is 10.1. The highest BCUT2D eigenvalue weighted by atomic mass is 16.3. The number of hydrogen-bond donors (Lipinski definition) is 2. The minimum atomic E-state index is -0.617. The number of hydrogen-bond acceptors (Lipinski definition) is 2. The van der Waals surface area contributed by atoms with Gasteiger partial charge in [0.15, 0.2) is 0 Å². The van der Waals surface area contributed by atoms with E-state index in [0.717, 1.165) is 17.0 Å². The van der Waals surface area contributed by atoms with Crippen molar-refractivity contribution < 1.29 is 9.52 Å². The van der Waals surface area contributed by atoms with Gasteiger partial charge < -0.3 is 14.5 Å². The molecule has 2 N–H and O–H groups in total. The van der Waals surface area contributed by atoms with Gasteiger partial charge in [0.2, 0.25) is 0 Å². The average Bonchev–Trinajstić information content (AvgIpc) is 2.72. The fourth-order valence-corrected chi connectivity index (χ4v) is 1.36. The van der Waals surface area contributed by atoms with Gasteiger partial charge in [0.25, 0.3) is 0 Å². The number of aliphatic hydroxyl groups is 1. The molecule has 68 valence electrons. The summed E-state index contributed by atoms with van der Waals surface area (Å²) in [4.78, 5) is 2.96. The van der Waals surface area contributed by atoms with E-state index >= 15 is 0 Å². The lowest BCUT2D eigenvalue weighted by Gasteiger charge is -2.06. The van der Waals surface area contributed by atoms with E-state index in [1.165, 1.54) is 0 Å². The van der Waals surface area contributed by atoms with Crippen LogP contribution in [0.1, 0.15) is 23.1 Å². The van der Waals surface area contributed by atoms with Crippen LogP contribution in [0.3, 0.4) is 0 Å². The van der Waals surface area contributed by atoms with Crippen molar-refractivity contribution >= 4 is 0 Å². The zero-order chi connectivity index (χ0) is 9.26. The number of aromatic nitrogens is 1. The minimum absolute atomic E-state index is 0.617. The number of rotatable bonds is 2. The molecule has 1 atom stereocenters. The van der Waals surface area contributed by atoms with E-state index in [-0.39, 0.29) is 0 Å². The molecule has 0 saturated heterocycles. The first-order chi connectivity index (χ1) is 6.29. The third-order valence-electron chi connectivity index (χ3n) is 2.11. The Morgan fingerprint density at radius 3 is 2.85 bits per heavy atom. The zero-order valence-electron chi connectivity index (χ0n) is 7.32. The molecule has 2 rings (SSSR count). The third kappa shape index (κ3) is 1.38. The number of furan rings is 1. The van der Waals surface area contributed by atoms with Crippen LogP contribution in [0.2, 0.25) is 0 Å². The highest BCUT2D eigenvalue weighted by molar-refractivity contribution is 5.26. The van der Waals surface area contributed by atoms with Gasteiger partial charge in [-0.15, -0.1) is 0 Å². The maximum Gasteiger partial charge on any atom is 0.122 e. The van der Waals surface area contributed by atoms with Crippen LogP contribution in [0.5, 0.6) is 0 Å². The van der Waals surface area contributed by atoms with E-state index in [1.54, 1.807) is 18.5 Å². The van der Waals surface area contributed by atoms with Gasteiger partial charge in [0.05, 0.1) is 6.26 Å². The molecule has 3 nitrogen and oxygen atoms in total. The van der Waals surface area contributed by atoms with Crippen LogP contribution in [0, 0.1) is 6.92 Å². The van der Waals surface area contributed by atoms with Gasteiger partial charge in [-0.2, -0.15) is 0 Å². The number of nitrogens with one attached hydrogen (secondary N) is 1. The largest absolute Gasteiger partial charge is 0.469 e. The summed E-state index contributed by atoms with van der Waals surface area (Å²) in [6, 6.07) is 5.48. The van der Waals surface area contributed by atoms with Crippen molar-refractivity contribution in [3.8, 4) is 0 Å². The summed E-state index contributed by atoms with van der Waals surface area (Å²) in [6.45, 7) is 1.83. The Bertz CT molecular complexity index is 375. The molecule has 0 aliphatic heterocycles. The summed E-state index contributed by atoms with van der Waals surface area (Å²) < 4.78 is 5.11. The van der Waals surface area contributed by atoms with Crippen molar-refractivity contribution in [2.75, 3.05) is 0 Å².